The number of pyridine rings is 1. The van der Waals surface area contributed by atoms with Gasteiger partial charge in [-0.1, -0.05) is 13.8 Å². The fourth-order valence-corrected chi connectivity index (χ4v) is 2.78. The maximum atomic E-state index is 4.66. The van der Waals surface area contributed by atoms with Crippen molar-refractivity contribution in [1.82, 2.24) is 15.3 Å². The highest BCUT2D eigenvalue weighted by Crippen LogP contribution is 2.29. The third-order valence-corrected chi connectivity index (χ3v) is 4.02. The summed E-state index contributed by atoms with van der Waals surface area (Å²) in [7, 11) is 0. The Morgan fingerprint density at radius 1 is 1.33 bits per heavy atom. The van der Waals surface area contributed by atoms with Gasteiger partial charge in [0, 0.05) is 35.4 Å². The van der Waals surface area contributed by atoms with Gasteiger partial charge >= 0.3 is 0 Å². The molecule has 0 aliphatic heterocycles. The lowest BCUT2D eigenvalue weighted by Gasteiger charge is -2.05. The largest absolute Gasteiger partial charge is 0.310 e. The van der Waals surface area contributed by atoms with Gasteiger partial charge in [-0.05, 0) is 25.5 Å². The van der Waals surface area contributed by atoms with Crippen LogP contribution >= 0.6 is 11.3 Å². The van der Waals surface area contributed by atoms with Gasteiger partial charge in [0.1, 0.15) is 5.01 Å². The summed E-state index contributed by atoms with van der Waals surface area (Å²) in [5, 5.41) is 4.50. The Kier molecular flexibility index (Phi) is 4.09. The fraction of sp³-hybridized carbons (Fsp3) is 0.429. The Balaban J connectivity index is 2.26. The first kappa shape index (κ1) is 13.2. The van der Waals surface area contributed by atoms with Gasteiger partial charge < -0.3 is 5.32 Å². The minimum atomic E-state index is 0.495. The molecular formula is C14H19N3S. The molecule has 2 rings (SSSR count). The molecule has 0 spiro atoms. The van der Waals surface area contributed by atoms with E-state index in [-0.39, 0.29) is 0 Å². The quantitative estimate of drug-likeness (QED) is 0.917. The van der Waals surface area contributed by atoms with Gasteiger partial charge in [0.15, 0.2) is 0 Å². The predicted octanol–water partition coefficient (Wildman–Crippen LogP) is 3.32. The molecule has 2 heterocycles. The normalized spacial score (nSPS) is 11.2. The molecule has 0 aliphatic carbocycles. The number of aryl methyl sites for hydroxylation is 2. The van der Waals surface area contributed by atoms with Crippen LogP contribution in [-0.2, 0) is 6.54 Å². The number of hydrogen-bond acceptors (Lipinski definition) is 4. The smallest absolute Gasteiger partial charge is 0.125 e. The number of hydrogen-bond donors (Lipinski definition) is 1. The lowest BCUT2D eigenvalue weighted by molar-refractivity contribution is 0.591. The molecule has 3 nitrogen and oxygen atoms in total. The molecule has 2 aromatic heterocycles. The second kappa shape index (κ2) is 5.59. The number of nitrogens with zero attached hydrogens (tertiary/aromatic N) is 2. The third kappa shape index (κ3) is 2.94. The zero-order valence-electron chi connectivity index (χ0n) is 11.3. The van der Waals surface area contributed by atoms with E-state index in [1.54, 1.807) is 11.3 Å². The van der Waals surface area contributed by atoms with E-state index < -0.39 is 0 Å². The van der Waals surface area contributed by atoms with Gasteiger partial charge in [0.2, 0.25) is 0 Å². The standard InChI is InChI=1S/C14H19N3S/c1-9(2)16-8-13-11(4)17-14(18-13)12-7-15-6-5-10(12)3/h5-7,9,16H,8H2,1-4H3. The molecule has 0 atom stereocenters. The van der Waals surface area contributed by atoms with E-state index >= 15 is 0 Å². The molecule has 4 heteroatoms. The highest BCUT2D eigenvalue weighted by molar-refractivity contribution is 7.15. The molecule has 18 heavy (non-hydrogen) atoms. The average molecular weight is 261 g/mol. The Morgan fingerprint density at radius 3 is 2.78 bits per heavy atom. The molecule has 0 amide bonds. The summed E-state index contributed by atoms with van der Waals surface area (Å²) in [5.41, 5.74) is 3.48. The van der Waals surface area contributed by atoms with Crippen molar-refractivity contribution in [2.45, 2.75) is 40.3 Å². The van der Waals surface area contributed by atoms with Crippen LogP contribution in [-0.4, -0.2) is 16.0 Å². The fourth-order valence-electron chi connectivity index (χ4n) is 1.69. The lowest BCUT2D eigenvalue weighted by Crippen LogP contribution is -2.21. The lowest BCUT2D eigenvalue weighted by atomic mass is 10.2. The number of rotatable bonds is 4. The van der Waals surface area contributed by atoms with Crippen LogP contribution in [0.3, 0.4) is 0 Å². The van der Waals surface area contributed by atoms with E-state index in [0.717, 1.165) is 22.8 Å². The van der Waals surface area contributed by atoms with Crippen LogP contribution in [0, 0.1) is 13.8 Å². The van der Waals surface area contributed by atoms with E-state index in [1.807, 2.05) is 18.5 Å². The predicted molar refractivity (Wildman–Crippen MR) is 76.8 cm³/mol. The van der Waals surface area contributed by atoms with E-state index in [9.17, 15) is 0 Å². The molecule has 96 valence electrons. The summed E-state index contributed by atoms with van der Waals surface area (Å²) in [5.74, 6) is 0. The summed E-state index contributed by atoms with van der Waals surface area (Å²) in [6.45, 7) is 9.37. The highest BCUT2D eigenvalue weighted by Gasteiger charge is 2.11. The molecule has 0 aliphatic rings. The van der Waals surface area contributed by atoms with Crippen molar-refractivity contribution < 1.29 is 0 Å². The first-order chi connectivity index (χ1) is 8.58. The van der Waals surface area contributed by atoms with E-state index in [2.05, 4.69) is 43.0 Å². The first-order valence-electron chi connectivity index (χ1n) is 6.18. The first-order valence-corrected chi connectivity index (χ1v) is 7.00. The second-order valence-corrected chi connectivity index (χ2v) is 5.84. The van der Waals surface area contributed by atoms with Crippen molar-refractivity contribution in [1.29, 1.82) is 0 Å². The zero-order valence-corrected chi connectivity index (χ0v) is 12.1. The van der Waals surface area contributed by atoms with E-state index in [4.69, 9.17) is 0 Å². The maximum absolute atomic E-state index is 4.66. The minimum absolute atomic E-state index is 0.495. The number of nitrogens with one attached hydrogen (secondary N) is 1. The Bertz CT molecular complexity index is 532. The summed E-state index contributed by atoms with van der Waals surface area (Å²) in [4.78, 5) is 10.2. The van der Waals surface area contributed by atoms with Crippen LogP contribution in [0.2, 0.25) is 0 Å². The Hall–Kier alpha value is -1.26. The molecular weight excluding hydrogens is 242 g/mol. The highest BCUT2D eigenvalue weighted by atomic mass is 32.1. The minimum Gasteiger partial charge on any atom is -0.310 e. The van der Waals surface area contributed by atoms with Crippen LogP contribution < -0.4 is 5.32 Å². The average Bonchev–Trinajstić information content (AvgIpc) is 2.68. The van der Waals surface area contributed by atoms with Crippen LogP contribution in [0.4, 0.5) is 0 Å². The topological polar surface area (TPSA) is 37.8 Å². The van der Waals surface area contributed by atoms with Gasteiger partial charge in [-0.15, -0.1) is 11.3 Å². The monoisotopic (exact) mass is 261 g/mol. The summed E-state index contributed by atoms with van der Waals surface area (Å²) in [6.07, 6.45) is 3.72. The van der Waals surface area contributed by atoms with Gasteiger partial charge in [-0.3, -0.25) is 4.98 Å². The van der Waals surface area contributed by atoms with Crippen molar-refractivity contribution in [2.24, 2.45) is 0 Å². The van der Waals surface area contributed by atoms with Gasteiger partial charge in [-0.25, -0.2) is 4.98 Å². The van der Waals surface area contributed by atoms with Gasteiger partial charge in [-0.2, -0.15) is 0 Å². The maximum Gasteiger partial charge on any atom is 0.125 e. The van der Waals surface area contributed by atoms with Crippen molar-refractivity contribution in [3.05, 3.63) is 34.6 Å². The van der Waals surface area contributed by atoms with Gasteiger partial charge in [0.25, 0.3) is 0 Å². The van der Waals surface area contributed by atoms with Crippen molar-refractivity contribution in [3.63, 3.8) is 0 Å². The molecule has 0 bridgehead atoms. The van der Waals surface area contributed by atoms with Crippen molar-refractivity contribution in [3.8, 4) is 10.6 Å². The molecule has 0 fully saturated rings. The Labute approximate surface area is 112 Å². The molecule has 2 aromatic rings. The van der Waals surface area contributed by atoms with Crippen LogP contribution in [0.15, 0.2) is 18.5 Å². The SMILES string of the molecule is Cc1ccncc1-c1nc(C)c(CNC(C)C)s1. The van der Waals surface area contributed by atoms with Crippen LogP contribution in [0.5, 0.6) is 0 Å². The molecule has 0 unspecified atom stereocenters. The van der Waals surface area contributed by atoms with Gasteiger partial charge in [0.05, 0.1) is 5.69 Å². The summed E-state index contributed by atoms with van der Waals surface area (Å²) < 4.78 is 0. The molecule has 0 saturated heterocycles. The van der Waals surface area contributed by atoms with Crippen LogP contribution in [0.1, 0.15) is 30.0 Å². The van der Waals surface area contributed by atoms with Crippen LogP contribution in [0.25, 0.3) is 10.6 Å². The summed E-state index contributed by atoms with van der Waals surface area (Å²) in [6, 6.07) is 2.52. The second-order valence-electron chi connectivity index (χ2n) is 4.75. The molecule has 0 saturated carbocycles. The summed E-state index contributed by atoms with van der Waals surface area (Å²) >= 11 is 1.76. The van der Waals surface area contributed by atoms with E-state index in [0.29, 0.717) is 6.04 Å². The zero-order chi connectivity index (χ0) is 13.1. The molecule has 0 radical (unpaired) electrons. The van der Waals surface area contributed by atoms with Crippen molar-refractivity contribution in [2.75, 3.05) is 0 Å². The molecule has 1 N–H and O–H groups in total. The Morgan fingerprint density at radius 2 is 2.11 bits per heavy atom. The van der Waals surface area contributed by atoms with Crippen molar-refractivity contribution >= 4 is 11.3 Å². The molecule has 0 aromatic carbocycles. The number of aromatic nitrogens is 2. The van der Waals surface area contributed by atoms with E-state index in [1.165, 1.54) is 10.4 Å². The third-order valence-electron chi connectivity index (χ3n) is 2.83. The number of thiazole rings is 1.